The summed E-state index contributed by atoms with van der Waals surface area (Å²) in [7, 11) is 1.68. The van der Waals surface area contributed by atoms with Gasteiger partial charge >= 0.3 is 0 Å². The number of nitrogens with zero attached hydrogens (tertiary/aromatic N) is 1. The van der Waals surface area contributed by atoms with Crippen LogP contribution in [0.3, 0.4) is 0 Å². The molecule has 0 heterocycles. The number of methoxy groups -OCH3 is 1. The molecule has 3 heteroatoms. The molecule has 15 heavy (non-hydrogen) atoms. The first-order valence-corrected chi connectivity index (χ1v) is 6.05. The lowest BCUT2D eigenvalue weighted by Gasteiger charge is -2.18. The molecule has 1 rings (SSSR count). The Morgan fingerprint density at radius 1 is 1.27 bits per heavy atom. The molecule has 0 radical (unpaired) electrons. The first-order valence-electron chi connectivity index (χ1n) is 5.26. The third kappa shape index (κ3) is 3.50. The van der Waals surface area contributed by atoms with Crippen LogP contribution >= 0.6 is 15.9 Å². The molecule has 0 atom stereocenters. The van der Waals surface area contributed by atoms with Gasteiger partial charge in [0, 0.05) is 6.54 Å². The van der Waals surface area contributed by atoms with Crippen LogP contribution < -0.4 is 4.74 Å². The molecule has 1 aromatic rings. The Morgan fingerprint density at radius 3 is 2.40 bits per heavy atom. The lowest BCUT2D eigenvalue weighted by Crippen LogP contribution is -2.22. The van der Waals surface area contributed by atoms with Crippen molar-refractivity contribution in [3.8, 4) is 5.75 Å². The molecule has 0 unspecified atom stereocenters. The minimum atomic E-state index is 0.887. The third-order valence-corrected chi connectivity index (χ3v) is 3.14. The maximum atomic E-state index is 5.20. The number of ether oxygens (including phenoxy) is 1. The summed E-state index contributed by atoms with van der Waals surface area (Å²) in [6.45, 7) is 7.53. The van der Waals surface area contributed by atoms with E-state index in [1.165, 1.54) is 5.56 Å². The van der Waals surface area contributed by atoms with E-state index >= 15 is 0 Å². The van der Waals surface area contributed by atoms with Crippen molar-refractivity contribution < 1.29 is 4.74 Å². The summed E-state index contributed by atoms with van der Waals surface area (Å²) >= 11 is 3.50. The fraction of sp³-hybridized carbons (Fsp3) is 0.500. The molecular formula is C12H18BrNO. The van der Waals surface area contributed by atoms with Gasteiger partial charge in [0.05, 0.1) is 11.6 Å². The van der Waals surface area contributed by atoms with E-state index in [-0.39, 0.29) is 0 Å². The summed E-state index contributed by atoms with van der Waals surface area (Å²) in [6.07, 6.45) is 0. The van der Waals surface area contributed by atoms with Crippen LogP contribution in [0.4, 0.5) is 0 Å². The quantitative estimate of drug-likeness (QED) is 0.815. The number of hydrogen-bond acceptors (Lipinski definition) is 2. The Hall–Kier alpha value is -0.540. The highest BCUT2D eigenvalue weighted by Crippen LogP contribution is 2.25. The highest BCUT2D eigenvalue weighted by atomic mass is 79.9. The maximum Gasteiger partial charge on any atom is 0.133 e. The van der Waals surface area contributed by atoms with Gasteiger partial charge in [0.1, 0.15) is 5.75 Å². The Kier molecular flexibility index (Phi) is 5.12. The van der Waals surface area contributed by atoms with Gasteiger partial charge in [-0.15, -0.1) is 0 Å². The molecular weight excluding hydrogens is 254 g/mol. The summed E-state index contributed by atoms with van der Waals surface area (Å²) in [5.74, 6) is 0.887. The average Bonchev–Trinajstić information content (AvgIpc) is 2.26. The molecule has 0 saturated carbocycles. The van der Waals surface area contributed by atoms with Gasteiger partial charge in [-0.1, -0.05) is 19.9 Å². The van der Waals surface area contributed by atoms with Gasteiger partial charge in [0.25, 0.3) is 0 Å². The van der Waals surface area contributed by atoms with Crippen molar-refractivity contribution in [2.24, 2.45) is 0 Å². The molecule has 0 spiro atoms. The molecule has 0 aliphatic rings. The van der Waals surface area contributed by atoms with E-state index in [1.54, 1.807) is 7.11 Å². The predicted molar refractivity (Wildman–Crippen MR) is 67.3 cm³/mol. The molecule has 0 N–H and O–H groups in total. The number of halogens is 1. The Morgan fingerprint density at radius 2 is 1.93 bits per heavy atom. The van der Waals surface area contributed by atoms with E-state index in [0.717, 1.165) is 29.9 Å². The van der Waals surface area contributed by atoms with Crippen LogP contribution in [0, 0.1) is 0 Å². The Bertz CT molecular complexity index is 310. The number of rotatable bonds is 5. The smallest absolute Gasteiger partial charge is 0.133 e. The van der Waals surface area contributed by atoms with Gasteiger partial charge in [-0.25, -0.2) is 0 Å². The van der Waals surface area contributed by atoms with Gasteiger partial charge in [0.2, 0.25) is 0 Å². The van der Waals surface area contributed by atoms with E-state index in [9.17, 15) is 0 Å². The molecule has 2 nitrogen and oxygen atoms in total. The second-order valence-corrected chi connectivity index (χ2v) is 4.28. The lowest BCUT2D eigenvalue weighted by atomic mass is 10.2. The third-order valence-electron chi connectivity index (χ3n) is 2.52. The minimum Gasteiger partial charge on any atom is -0.496 e. The van der Waals surface area contributed by atoms with Crippen LogP contribution in [0.25, 0.3) is 0 Å². The standard InChI is InChI=1S/C12H18BrNO/c1-4-14(5-2)9-10-6-7-12(15-3)11(13)8-10/h6-8H,4-5,9H2,1-3H3. The normalized spacial score (nSPS) is 10.7. The van der Waals surface area contributed by atoms with Gasteiger partial charge in [0.15, 0.2) is 0 Å². The van der Waals surface area contributed by atoms with Crippen molar-refractivity contribution in [1.82, 2.24) is 4.90 Å². The Balaban J connectivity index is 2.74. The van der Waals surface area contributed by atoms with Crippen LogP contribution in [-0.4, -0.2) is 25.1 Å². The van der Waals surface area contributed by atoms with E-state index in [0.29, 0.717) is 0 Å². The van der Waals surface area contributed by atoms with E-state index in [2.05, 4.69) is 46.8 Å². The molecule has 0 bridgehead atoms. The molecule has 0 aromatic heterocycles. The summed E-state index contributed by atoms with van der Waals surface area (Å²) in [5.41, 5.74) is 1.31. The van der Waals surface area contributed by atoms with Crippen molar-refractivity contribution in [2.45, 2.75) is 20.4 Å². The summed E-state index contributed by atoms with van der Waals surface area (Å²) in [4.78, 5) is 2.38. The van der Waals surface area contributed by atoms with E-state index < -0.39 is 0 Å². The van der Waals surface area contributed by atoms with E-state index in [4.69, 9.17) is 4.74 Å². The molecule has 0 amide bonds. The molecule has 0 aliphatic heterocycles. The number of hydrogen-bond donors (Lipinski definition) is 0. The highest BCUT2D eigenvalue weighted by Gasteiger charge is 2.04. The van der Waals surface area contributed by atoms with Crippen molar-refractivity contribution in [3.05, 3.63) is 28.2 Å². The van der Waals surface area contributed by atoms with Gasteiger partial charge in [-0.3, -0.25) is 4.90 Å². The number of benzene rings is 1. The zero-order valence-electron chi connectivity index (χ0n) is 9.59. The zero-order chi connectivity index (χ0) is 11.3. The van der Waals surface area contributed by atoms with Crippen molar-refractivity contribution in [2.75, 3.05) is 20.2 Å². The fourth-order valence-corrected chi connectivity index (χ4v) is 2.10. The average molecular weight is 272 g/mol. The molecule has 1 aromatic carbocycles. The first kappa shape index (κ1) is 12.5. The van der Waals surface area contributed by atoms with Gasteiger partial charge in [-0.2, -0.15) is 0 Å². The van der Waals surface area contributed by atoms with Crippen LogP contribution in [0.1, 0.15) is 19.4 Å². The summed E-state index contributed by atoms with van der Waals surface area (Å²) < 4.78 is 6.22. The SMILES string of the molecule is CCN(CC)Cc1ccc(OC)c(Br)c1. The van der Waals surface area contributed by atoms with Crippen LogP contribution in [0.5, 0.6) is 5.75 Å². The van der Waals surface area contributed by atoms with Crippen LogP contribution in [0.15, 0.2) is 22.7 Å². The zero-order valence-corrected chi connectivity index (χ0v) is 11.2. The molecule has 84 valence electrons. The predicted octanol–water partition coefficient (Wildman–Crippen LogP) is 3.30. The van der Waals surface area contributed by atoms with Crippen molar-refractivity contribution in [1.29, 1.82) is 0 Å². The van der Waals surface area contributed by atoms with E-state index in [1.807, 2.05) is 6.07 Å². The maximum absolute atomic E-state index is 5.20. The first-order chi connectivity index (χ1) is 7.21. The van der Waals surface area contributed by atoms with Crippen LogP contribution in [-0.2, 0) is 6.54 Å². The highest BCUT2D eigenvalue weighted by molar-refractivity contribution is 9.10. The lowest BCUT2D eigenvalue weighted by molar-refractivity contribution is 0.295. The second kappa shape index (κ2) is 6.13. The Labute approximate surface area is 100 Å². The summed E-state index contributed by atoms with van der Waals surface area (Å²) in [6, 6.07) is 6.24. The van der Waals surface area contributed by atoms with Crippen LogP contribution in [0.2, 0.25) is 0 Å². The fourth-order valence-electron chi connectivity index (χ4n) is 1.51. The second-order valence-electron chi connectivity index (χ2n) is 3.43. The molecule has 0 saturated heterocycles. The largest absolute Gasteiger partial charge is 0.496 e. The van der Waals surface area contributed by atoms with Gasteiger partial charge < -0.3 is 4.74 Å². The van der Waals surface area contributed by atoms with Crippen molar-refractivity contribution >= 4 is 15.9 Å². The minimum absolute atomic E-state index is 0.887. The van der Waals surface area contributed by atoms with Crippen molar-refractivity contribution in [3.63, 3.8) is 0 Å². The molecule has 0 fully saturated rings. The summed E-state index contributed by atoms with van der Waals surface area (Å²) in [5, 5.41) is 0. The monoisotopic (exact) mass is 271 g/mol. The topological polar surface area (TPSA) is 12.5 Å². The van der Waals surface area contributed by atoms with Gasteiger partial charge in [-0.05, 0) is 46.7 Å². The molecule has 0 aliphatic carbocycles.